The Labute approximate surface area is 600 Å². The summed E-state index contributed by atoms with van der Waals surface area (Å²) >= 11 is 0. The normalized spacial score (nSPS) is 15.3. The molecule has 100 heavy (non-hydrogen) atoms. The number of aryl methyl sites for hydroxylation is 2. The van der Waals surface area contributed by atoms with Gasteiger partial charge in [0, 0.05) is 156 Å². The third-order valence-corrected chi connectivity index (χ3v) is 16.8. The van der Waals surface area contributed by atoms with E-state index in [1.807, 2.05) is 160 Å². The van der Waals surface area contributed by atoms with Crippen molar-refractivity contribution in [2.75, 3.05) is 147 Å². The molecule has 4 aromatic heterocycles. The van der Waals surface area contributed by atoms with E-state index in [1.165, 1.54) is 11.1 Å². The minimum absolute atomic E-state index is 0. The van der Waals surface area contributed by atoms with Gasteiger partial charge in [0.15, 0.2) is 24.8 Å². The molecule has 29 heteroatoms. The molecule has 8 heterocycles. The van der Waals surface area contributed by atoms with Crippen molar-refractivity contribution in [1.82, 2.24) is 49.3 Å². The fourth-order valence-corrected chi connectivity index (χ4v) is 11.0. The van der Waals surface area contributed by atoms with Gasteiger partial charge in [-0.1, -0.05) is 36.4 Å². The average molecular weight is 1500 g/mol. The molecule has 528 valence electrons. The lowest BCUT2D eigenvalue weighted by Crippen LogP contribution is -3.00. The van der Waals surface area contributed by atoms with E-state index in [9.17, 15) is 19.2 Å². The molecule has 4 amide bonds. The quantitative estimate of drug-likeness (QED) is 0.0537. The van der Waals surface area contributed by atoms with E-state index in [2.05, 4.69) is 64.9 Å². The first-order valence-corrected chi connectivity index (χ1v) is 34.5. The van der Waals surface area contributed by atoms with Crippen LogP contribution in [0.25, 0.3) is 22.5 Å². The summed E-state index contributed by atoms with van der Waals surface area (Å²) in [5, 5.41) is 12.6. The maximum atomic E-state index is 13.1. The molecule has 4 N–H and O–H groups in total. The van der Waals surface area contributed by atoms with E-state index in [-0.39, 0.29) is 61.4 Å². The third kappa shape index (κ3) is 23.5. The molecule has 4 aliphatic rings. The predicted octanol–water partition coefficient (Wildman–Crippen LogP) is 3.98. The number of hydrogen-bond donors (Lipinski definition) is 4. The number of morpholine rings is 2. The van der Waals surface area contributed by atoms with E-state index in [0.717, 1.165) is 99.1 Å². The van der Waals surface area contributed by atoms with Crippen molar-refractivity contribution in [3.63, 3.8) is 0 Å². The molecule has 4 aromatic carbocycles. The number of halogens is 1. The van der Waals surface area contributed by atoms with E-state index in [4.69, 9.17) is 41.9 Å². The zero-order chi connectivity index (χ0) is 69.7. The van der Waals surface area contributed by atoms with Crippen molar-refractivity contribution in [2.24, 2.45) is 0 Å². The van der Waals surface area contributed by atoms with Crippen molar-refractivity contribution in [3.8, 4) is 22.5 Å². The van der Waals surface area contributed by atoms with Gasteiger partial charge in [0.05, 0.1) is 59.1 Å². The smallest absolute Gasteiger partial charge is 0.414 e. The number of hydrogen-bond acceptors (Lipinski definition) is 21. The zero-order valence-corrected chi connectivity index (χ0v) is 59.8. The molecule has 0 unspecified atom stereocenters. The van der Waals surface area contributed by atoms with Crippen molar-refractivity contribution in [1.29, 1.82) is 0 Å². The number of amides is 4. The summed E-state index contributed by atoms with van der Waals surface area (Å²) in [6.07, 6.45) is 10.7. The lowest BCUT2D eigenvalue weighted by molar-refractivity contribution is -0.727. The maximum absolute atomic E-state index is 13.1. The van der Waals surface area contributed by atoms with Gasteiger partial charge in [0.2, 0.25) is 11.9 Å². The summed E-state index contributed by atoms with van der Waals surface area (Å²) in [4.78, 5) is 82.1. The molecule has 12 rings (SSSR count). The molecule has 0 radical (unpaired) electrons. The highest BCUT2D eigenvalue weighted by Gasteiger charge is 2.23. The Balaban J connectivity index is 0.000000216. The number of aromatic nitrogens is 6. The van der Waals surface area contributed by atoms with Gasteiger partial charge in [0.1, 0.15) is 0 Å². The Morgan fingerprint density at radius 3 is 1.27 bits per heavy atom. The first-order valence-electron chi connectivity index (χ1n) is 32.7. The molecule has 4 aliphatic heterocycles. The molecule has 27 nitrogen and oxygen atoms in total. The van der Waals surface area contributed by atoms with Crippen LogP contribution in [0.15, 0.2) is 159 Å². The van der Waals surface area contributed by atoms with Crippen LogP contribution in [0, 0.1) is 13.8 Å². The van der Waals surface area contributed by atoms with Crippen molar-refractivity contribution in [2.45, 2.75) is 40.4 Å². The molecule has 4 fully saturated rings. The highest BCUT2D eigenvalue weighted by molar-refractivity contribution is 7.84. The van der Waals surface area contributed by atoms with Gasteiger partial charge < -0.3 is 88.3 Å². The van der Waals surface area contributed by atoms with Gasteiger partial charge in [-0.25, -0.2) is 37.9 Å². The fourth-order valence-electron chi connectivity index (χ4n) is 11.0. The lowest BCUT2D eigenvalue weighted by atomic mass is 10.1. The number of pyridine rings is 2. The van der Waals surface area contributed by atoms with Crippen LogP contribution in [0.4, 0.5) is 44.2 Å². The topological polar surface area (TPSA) is 289 Å². The van der Waals surface area contributed by atoms with Crippen LogP contribution in [0.5, 0.6) is 0 Å². The van der Waals surface area contributed by atoms with Crippen molar-refractivity contribution in [3.05, 3.63) is 192 Å². The van der Waals surface area contributed by atoms with Crippen LogP contribution in [0.1, 0.15) is 43.0 Å². The third-order valence-electron chi connectivity index (χ3n) is 16.8. The van der Waals surface area contributed by atoms with E-state index >= 15 is 0 Å². The molecular weight excluding hydrogens is 1410 g/mol. The minimum atomic E-state index is -3.92. The number of carbonyl (C=O) groups excluding carboxylic acids is 4. The second-order valence-corrected chi connectivity index (χ2v) is 25.9. The Bertz CT molecular complexity index is 3900. The summed E-state index contributed by atoms with van der Waals surface area (Å²) in [6.45, 7) is 18.6. The van der Waals surface area contributed by atoms with Crippen LogP contribution < -0.4 is 54.4 Å². The Morgan fingerprint density at radius 1 is 0.530 bits per heavy atom. The van der Waals surface area contributed by atoms with E-state index < -0.39 is 10.1 Å². The van der Waals surface area contributed by atoms with E-state index in [1.54, 1.807) is 31.3 Å². The number of carbonyl (C=O) groups is 4. The number of likely N-dealkylation sites (N-methyl/N-ethyl adjacent to an activating group) is 2. The van der Waals surface area contributed by atoms with Crippen LogP contribution in [-0.4, -0.2) is 212 Å². The number of nitrogens with zero attached hydrogens (tertiary/aromatic N) is 12. The van der Waals surface area contributed by atoms with Crippen LogP contribution in [0.3, 0.4) is 0 Å². The number of anilines is 6. The van der Waals surface area contributed by atoms with Crippen LogP contribution >= 0.6 is 0 Å². The Hall–Kier alpha value is -9.18. The molecule has 0 bridgehead atoms. The van der Waals surface area contributed by atoms with Gasteiger partial charge in [-0.2, -0.15) is 9.13 Å². The van der Waals surface area contributed by atoms with Gasteiger partial charge in [-0.05, 0) is 123 Å². The first kappa shape index (κ1) is 75.0. The standard InChI is InChI=1S/2C35H40N8O4.CH4O3S.HI/c2*1-26-5-10-30(37-33(44)28-8-6-27(7-9-28)23-41-16-14-40(2)15-17-41)22-32(26)39-34-36-12-11-31(38-34)29-4-3-13-42(24-29)25-47-35(45)43-18-20-46-21-19-43;1-5(2,3)4;/h2*3-13,22,24H,14-21,23,25H2,1-2H3,(H-,36,37,38,39,44);1H3,(H,2,3,4);1H. The number of nitrogens with one attached hydrogen (secondary N) is 4. The minimum Gasteiger partial charge on any atom is -1.00 e. The summed E-state index contributed by atoms with van der Waals surface area (Å²) in [6, 6.07) is 38.4. The van der Waals surface area contributed by atoms with Crippen LogP contribution in [0.2, 0.25) is 0 Å². The van der Waals surface area contributed by atoms with Gasteiger partial charge in [0.25, 0.3) is 25.3 Å². The highest BCUT2D eigenvalue weighted by atomic mass is 127. The molecule has 0 atom stereocenters. The van der Waals surface area contributed by atoms with Crippen LogP contribution in [-0.2, 0) is 55.6 Å². The number of ether oxygens (including phenoxy) is 4. The first-order chi connectivity index (χ1) is 47.8. The SMILES string of the molecule is CS(=O)(=O)[O-].Cc1ccc(NC(=O)c2ccc(CN3CCN(C)CC3)cc2)cc1Nc1nccc(-c2ccc[n+](COC(=O)N3CCOCC3)c2)n1.Cc1ccc(NC(=O)c2ccc(CN3CCN(C)CC3)cc2)cc1Nc1nccc(-c2ccc[n+](COC(=O)N3CCOCC3)c2)n1.[I-]. The second kappa shape index (κ2) is 36.8. The summed E-state index contributed by atoms with van der Waals surface area (Å²) in [7, 11) is 0.391. The summed E-state index contributed by atoms with van der Waals surface area (Å²) in [5.41, 5.74) is 11.5. The Kier molecular flexibility index (Phi) is 27.6. The lowest BCUT2D eigenvalue weighted by Gasteiger charge is -2.32. The fraction of sp³-hybridized carbons (Fsp3) is 0.352. The van der Waals surface area contributed by atoms with Gasteiger partial charge >= 0.3 is 12.2 Å². The molecule has 8 aromatic rings. The zero-order valence-electron chi connectivity index (χ0n) is 56.8. The molecule has 0 spiro atoms. The number of piperazine rings is 2. The van der Waals surface area contributed by atoms with Crippen molar-refractivity contribution >= 4 is 68.8 Å². The molecule has 4 saturated heterocycles. The number of benzene rings is 4. The summed E-state index contributed by atoms with van der Waals surface area (Å²) in [5.74, 6) is 0.493. The Morgan fingerprint density at radius 2 is 0.900 bits per heavy atom. The summed E-state index contributed by atoms with van der Waals surface area (Å²) < 4.78 is 52.4. The molecule has 0 saturated carbocycles. The maximum Gasteiger partial charge on any atom is 0.414 e. The second-order valence-electron chi connectivity index (χ2n) is 24.5. The monoisotopic (exact) mass is 1500 g/mol. The van der Waals surface area contributed by atoms with Crippen molar-refractivity contribution < 1.29 is 84.2 Å². The van der Waals surface area contributed by atoms with Gasteiger partial charge in [-0.3, -0.25) is 19.4 Å². The van der Waals surface area contributed by atoms with E-state index in [0.29, 0.717) is 105 Å². The highest BCUT2D eigenvalue weighted by Crippen LogP contribution is 2.27. The average Bonchev–Trinajstić information content (AvgIpc) is 0.839. The molecular formula is C71H85IN16O11S. The molecule has 0 aliphatic carbocycles. The van der Waals surface area contributed by atoms with Gasteiger partial charge in [-0.15, -0.1) is 0 Å². The number of rotatable bonds is 18. The largest absolute Gasteiger partial charge is 1.00 e. The predicted molar refractivity (Wildman–Crippen MR) is 372 cm³/mol.